The van der Waals surface area contributed by atoms with Crippen LogP contribution in [-0.4, -0.2) is 12.5 Å². The number of halogens is 3. The predicted octanol–water partition coefficient (Wildman–Crippen LogP) is 4.11. The second kappa shape index (κ2) is 6.73. The lowest BCUT2D eigenvalue weighted by molar-refractivity contribution is 0.0954. The molecular formula is C15H12Cl2FNO. The van der Waals surface area contributed by atoms with Crippen molar-refractivity contribution in [3.05, 3.63) is 69.5 Å². The smallest absolute Gasteiger partial charge is 0.252 e. The molecule has 0 saturated heterocycles. The molecular weight excluding hydrogens is 300 g/mol. The Morgan fingerprint density at radius 2 is 1.95 bits per heavy atom. The minimum absolute atomic E-state index is 0.275. The highest BCUT2D eigenvalue weighted by molar-refractivity contribution is 6.36. The van der Waals surface area contributed by atoms with Crippen LogP contribution in [0.25, 0.3) is 0 Å². The molecule has 0 radical (unpaired) electrons. The fraction of sp³-hybridized carbons (Fsp3) is 0.133. The van der Waals surface area contributed by atoms with Gasteiger partial charge in [-0.25, -0.2) is 4.39 Å². The van der Waals surface area contributed by atoms with E-state index in [2.05, 4.69) is 5.32 Å². The first-order chi connectivity index (χ1) is 9.56. The van der Waals surface area contributed by atoms with Gasteiger partial charge in [0.15, 0.2) is 0 Å². The number of carbonyl (C=O) groups excluding carboxylic acids is 1. The Morgan fingerprint density at radius 1 is 1.15 bits per heavy atom. The maximum atomic E-state index is 13.0. The first-order valence-electron chi connectivity index (χ1n) is 6.04. The van der Waals surface area contributed by atoms with Crippen molar-refractivity contribution in [3.63, 3.8) is 0 Å². The summed E-state index contributed by atoms with van der Waals surface area (Å²) < 4.78 is 13.0. The Kier molecular flexibility index (Phi) is 4.99. The van der Waals surface area contributed by atoms with E-state index < -0.39 is 0 Å². The van der Waals surface area contributed by atoms with E-state index >= 15 is 0 Å². The number of hydrogen-bond acceptors (Lipinski definition) is 1. The van der Waals surface area contributed by atoms with Gasteiger partial charge in [-0.05, 0) is 42.3 Å². The minimum Gasteiger partial charge on any atom is -0.352 e. The van der Waals surface area contributed by atoms with E-state index in [1.165, 1.54) is 18.2 Å². The molecule has 104 valence electrons. The maximum Gasteiger partial charge on any atom is 0.252 e. The summed E-state index contributed by atoms with van der Waals surface area (Å²) in [5.41, 5.74) is 1.20. The molecule has 0 aromatic heterocycles. The van der Waals surface area contributed by atoms with Gasteiger partial charge in [-0.15, -0.1) is 0 Å². The monoisotopic (exact) mass is 311 g/mol. The van der Waals surface area contributed by atoms with Gasteiger partial charge in [-0.2, -0.15) is 0 Å². The summed E-state index contributed by atoms with van der Waals surface area (Å²) in [4.78, 5) is 11.9. The summed E-state index contributed by atoms with van der Waals surface area (Å²) in [6.45, 7) is 0.404. The van der Waals surface area contributed by atoms with Crippen LogP contribution in [-0.2, 0) is 6.42 Å². The van der Waals surface area contributed by atoms with E-state index in [4.69, 9.17) is 23.2 Å². The van der Waals surface area contributed by atoms with Crippen LogP contribution < -0.4 is 5.32 Å². The van der Waals surface area contributed by atoms with Crippen molar-refractivity contribution in [2.75, 3.05) is 6.54 Å². The number of rotatable bonds is 4. The van der Waals surface area contributed by atoms with E-state index in [-0.39, 0.29) is 11.7 Å². The third-order valence-electron chi connectivity index (χ3n) is 2.76. The van der Waals surface area contributed by atoms with E-state index in [0.717, 1.165) is 5.56 Å². The van der Waals surface area contributed by atoms with Gasteiger partial charge in [0, 0.05) is 11.6 Å². The number of benzene rings is 2. The molecule has 0 spiro atoms. The Labute approximate surface area is 126 Å². The van der Waals surface area contributed by atoms with Gasteiger partial charge in [0.1, 0.15) is 5.82 Å². The fourth-order valence-corrected chi connectivity index (χ4v) is 2.28. The zero-order valence-corrected chi connectivity index (χ0v) is 12.0. The van der Waals surface area contributed by atoms with E-state index in [1.807, 2.05) is 6.07 Å². The summed E-state index contributed by atoms with van der Waals surface area (Å²) in [7, 11) is 0. The van der Waals surface area contributed by atoms with Crippen LogP contribution in [0.1, 0.15) is 15.9 Å². The molecule has 2 aromatic carbocycles. The van der Waals surface area contributed by atoms with E-state index in [0.29, 0.717) is 28.6 Å². The van der Waals surface area contributed by atoms with Crippen LogP contribution in [0.15, 0.2) is 42.5 Å². The lowest BCUT2D eigenvalue weighted by Gasteiger charge is -2.07. The Bertz CT molecular complexity index is 631. The molecule has 2 rings (SSSR count). The molecule has 0 aliphatic rings. The molecule has 2 nitrogen and oxygen atoms in total. The van der Waals surface area contributed by atoms with Crippen molar-refractivity contribution in [1.82, 2.24) is 5.32 Å². The molecule has 1 amide bonds. The maximum absolute atomic E-state index is 13.0. The third-order valence-corrected chi connectivity index (χ3v) is 3.31. The van der Waals surface area contributed by atoms with Gasteiger partial charge in [0.25, 0.3) is 5.91 Å². The van der Waals surface area contributed by atoms with Crippen LogP contribution in [0.5, 0.6) is 0 Å². The van der Waals surface area contributed by atoms with Gasteiger partial charge in [0.2, 0.25) is 0 Å². The average Bonchev–Trinajstić information content (AvgIpc) is 2.38. The Morgan fingerprint density at radius 3 is 2.65 bits per heavy atom. The normalized spacial score (nSPS) is 10.3. The summed E-state index contributed by atoms with van der Waals surface area (Å²) >= 11 is 11.7. The standard InChI is InChI=1S/C15H12Cl2FNO/c16-11-4-5-13(14(17)9-11)15(20)19-7-6-10-2-1-3-12(18)8-10/h1-5,8-9H,6-7H2,(H,19,20). The molecule has 0 unspecified atom stereocenters. The largest absolute Gasteiger partial charge is 0.352 e. The van der Waals surface area contributed by atoms with Crippen molar-refractivity contribution in [2.45, 2.75) is 6.42 Å². The van der Waals surface area contributed by atoms with E-state index in [9.17, 15) is 9.18 Å². The highest BCUT2D eigenvalue weighted by atomic mass is 35.5. The number of amides is 1. The first kappa shape index (κ1) is 14.8. The van der Waals surface area contributed by atoms with Crippen molar-refractivity contribution in [1.29, 1.82) is 0 Å². The highest BCUT2D eigenvalue weighted by Crippen LogP contribution is 2.20. The minimum atomic E-state index is -0.283. The molecule has 20 heavy (non-hydrogen) atoms. The average molecular weight is 312 g/mol. The molecule has 0 fully saturated rings. The Hall–Kier alpha value is -1.58. The SMILES string of the molecule is O=C(NCCc1cccc(F)c1)c1ccc(Cl)cc1Cl. The quantitative estimate of drug-likeness (QED) is 0.904. The third kappa shape index (κ3) is 3.95. The zero-order valence-electron chi connectivity index (χ0n) is 10.5. The van der Waals surface area contributed by atoms with Gasteiger partial charge >= 0.3 is 0 Å². The summed E-state index contributed by atoms with van der Waals surface area (Å²) in [5.74, 6) is -0.558. The van der Waals surface area contributed by atoms with Crippen molar-refractivity contribution < 1.29 is 9.18 Å². The first-order valence-corrected chi connectivity index (χ1v) is 6.79. The summed E-state index contributed by atoms with van der Waals surface area (Å²) in [6.07, 6.45) is 0.550. The molecule has 0 atom stereocenters. The topological polar surface area (TPSA) is 29.1 Å². The molecule has 0 heterocycles. The van der Waals surface area contributed by atoms with Gasteiger partial charge in [0.05, 0.1) is 10.6 Å². The Balaban J connectivity index is 1.92. The van der Waals surface area contributed by atoms with Gasteiger partial charge in [-0.1, -0.05) is 35.3 Å². The molecule has 0 aliphatic heterocycles. The number of carbonyl (C=O) groups is 1. The van der Waals surface area contributed by atoms with Crippen molar-refractivity contribution in [2.24, 2.45) is 0 Å². The van der Waals surface area contributed by atoms with Crippen molar-refractivity contribution in [3.8, 4) is 0 Å². The number of nitrogens with one attached hydrogen (secondary N) is 1. The highest BCUT2D eigenvalue weighted by Gasteiger charge is 2.10. The molecule has 0 bridgehead atoms. The fourth-order valence-electron chi connectivity index (χ4n) is 1.78. The second-order valence-electron chi connectivity index (χ2n) is 4.26. The predicted molar refractivity (Wildman–Crippen MR) is 78.9 cm³/mol. The molecule has 2 aromatic rings. The van der Waals surface area contributed by atoms with Crippen molar-refractivity contribution >= 4 is 29.1 Å². The molecule has 1 N–H and O–H groups in total. The molecule has 0 saturated carbocycles. The van der Waals surface area contributed by atoms with Gasteiger partial charge < -0.3 is 5.32 Å². The molecule has 5 heteroatoms. The zero-order chi connectivity index (χ0) is 14.5. The second-order valence-corrected chi connectivity index (χ2v) is 5.10. The van der Waals surface area contributed by atoms with Crippen LogP contribution in [0.2, 0.25) is 10.0 Å². The lowest BCUT2D eigenvalue weighted by atomic mass is 10.1. The van der Waals surface area contributed by atoms with E-state index in [1.54, 1.807) is 18.2 Å². The summed E-state index contributed by atoms with van der Waals surface area (Å²) in [6, 6.07) is 11.0. The summed E-state index contributed by atoms with van der Waals surface area (Å²) in [5, 5.41) is 3.52. The van der Waals surface area contributed by atoms with Crippen LogP contribution in [0, 0.1) is 5.82 Å². The van der Waals surface area contributed by atoms with Crippen LogP contribution in [0.4, 0.5) is 4.39 Å². The number of hydrogen-bond donors (Lipinski definition) is 1. The lowest BCUT2D eigenvalue weighted by Crippen LogP contribution is -2.25. The van der Waals surface area contributed by atoms with Crippen LogP contribution >= 0.6 is 23.2 Å². The van der Waals surface area contributed by atoms with Gasteiger partial charge in [-0.3, -0.25) is 4.79 Å². The molecule has 0 aliphatic carbocycles. The van der Waals surface area contributed by atoms with Crippen LogP contribution in [0.3, 0.4) is 0 Å².